The molecule has 2 aromatic rings. The third-order valence-corrected chi connectivity index (χ3v) is 4.67. The standard InChI is InChI=1S/C17H18ClN3O4S/c1-10-12(7-8-15(18)19-10)21-13-6-5-11(20-26(4,23)24)9-14(13)25-17(2,3)16(21)22/h5-9,20H,1-4H3. The summed E-state index contributed by atoms with van der Waals surface area (Å²) >= 11 is 5.93. The number of pyridine rings is 1. The molecule has 0 radical (unpaired) electrons. The Morgan fingerprint density at radius 2 is 1.85 bits per heavy atom. The lowest BCUT2D eigenvalue weighted by atomic mass is 10.0. The number of ether oxygens (including phenoxy) is 1. The highest BCUT2D eigenvalue weighted by Gasteiger charge is 2.42. The molecule has 0 fully saturated rings. The molecule has 1 amide bonds. The summed E-state index contributed by atoms with van der Waals surface area (Å²) in [5.41, 5.74) is 0.888. The summed E-state index contributed by atoms with van der Waals surface area (Å²) in [4.78, 5) is 18.7. The second-order valence-electron chi connectivity index (χ2n) is 6.55. The van der Waals surface area contributed by atoms with E-state index in [2.05, 4.69) is 9.71 Å². The normalized spacial score (nSPS) is 16.0. The van der Waals surface area contributed by atoms with E-state index >= 15 is 0 Å². The van der Waals surface area contributed by atoms with Gasteiger partial charge in [-0.15, -0.1) is 0 Å². The van der Waals surface area contributed by atoms with Crippen molar-refractivity contribution >= 4 is 44.6 Å². The van der Waals surface area contributed by atoms with Gasteiger partial charge in [-0.3, -0.25) is 14.4 Å². The number of nitrogens with zero attached hydrogens (tertiary/aromatic N) is 2. The fraction of sp³-hybridized carbons (Fsp3) is 0.294. The lowest BCUT2D eigenvalue weighted by molar-refractivity contribution is -0.131. The molecule has 9 heteroatoms. The molecular formula is C17H18ClN3O4S. The number of halogens is 1. The Kier molecular flexibility index (Phi) is 4.36. The molecule has 0 spiro atoms. The molecule has 1 N–H and O–H groups in total. The Balaban J connectivity index is 2.16. The summed E-state index contributed by atoms with van der Waals surface area (Å²) in [5, 5.41) is 0.333. The zero-order chi connectivity index (χ0) is 19.3. The third-order valence-electron chi connectivity index (χ3n) is 3.85. The summed E-state index contributed by atoms with van der Waals surface area (Å²) < 4.78 is 31.2. The van der Waals surface area contributed by atoms with Crippen LogP contribution in [0.3, 0.4) is 0 Å². The fourth-order valence-electron chi connectivity index (χ4n) is 2.75. The van der Waals surface area contributed by atoms with Crippen LogP contribution in [-0.2, 0) is 14.8 Å². The van der Waals surface area contributed by atoms with E-state index in [0.717, 1.165) is 6.26 Å². The van der Waals surface area contributed by atoms with Crippen LogP contribution < -0.4 is 14.4 Å². The summed E-state index contributed by atoms with van der Waals surface area (Å²) in [6.45, 7) is 5.07. The van der Waals surface area contributed by atoms with Crippen LogP contribution in [0.1, 0.15) is 19.5 Å². The minimum Gasteiger partial charge on any atom is -0.476 e. The topological polar surface area (TPSA) is 88.6 Å². The number of aromatic nitrogens is 1. The molecule has 0 saturated heterocycles. The first-order chi connectivity index (χ1) is 12.0. The van der Waals surface area contributed by atoms with E-state index in [-0.39, 0.29) is 5.91 Å². The number of rotatable bonds is 3. The number of benzene rings is 1. The maximum atomic E-state index is 13.0. The van der Waals surface area contributed by atoms with E-state index in [1.165, 1.54) is 4.90 Å². The number of aryl methyl sites for hydroxylation is 1. The van der Waals surface area contributed by atoms with Crippen molar-refractivity contribution in [2.45, 2.75) is 26.4 Å². The molecule has 3 rings (SSSR count). The number of carbonyl (C=O) groups excluding carboxylic acids is 1. The zero-order valence-electron chi connectivity index (χ0n) is 14.7. The van der Waals surface area contributed by atoms with Gasteiger partial charge in [-0.05, 0) is 45.0 Å². The number of nitrogens with one attached hydrogen (secondary N) is 1. The first-order valence-electron chi connectivity index (χ1n) is 7.76. The van der Waals surface area contributed by atoms with Gasteiger partial charge >= 0.3 is 0 Å². The van der Waals surface area contributed by atoms with Crippen LogP contribution in [0.5, 0.6) is 5.75 Å². The summed E-state index contributed by atoms with van der Waals surface area (Å²) in [6.07, 6.45) is 1.07. The minimum absolute atomic E-state index is 0.263. The molecule has 0 aliphatic carbocycles. The molecule has 0 saturated carbocycles. The van der Waals surface area contributed by atoms with Gasteiger partial charge in [0.15, 0.2) is 5.60 Å². The van der Waals surface area contributed by atoms with Crippen LogP contribution >= 0.6 is 11.6 Å². The summed E-state index contributed by atoms with van der Waals surface area (Å²) in [7, 11) is -3.43. The summed E-state index contributed by atoms with van der Waals surface area (Å²) in [6, 6.07) is 8.08. The van der Waals surface area contributed by atoms with E-state index < -0.39 is 15.6 Å². The van der Waals surface area contributed by atoms with Crippen LogP contribution in [-0.4, -0.2) is 31.2 Å². The van der Waals surface area contributed by atoms with Crippen molar-refractivity contribution in [2.75, 3.05) is 15.9 Å². The van der Waals surface area contributed by atoms with Crippen LogP contribution in [0.2, 0.25) is 5.15 Å². The van der Waals surface area contributed by atoms with Crippen molar-refractivity contribution < 1.29 is 17.9 Å². The number of amides is 1. The van der Waals surface area contributed by atoms with Gasteiger partial charge in [0.25, 0.3) is 5.91 Å². The Labute approximate surface area is 157 Å². The number of hydrogen-bond acceptors (Lipinski definition) is 5. The van der Waals surface area contributed by atoms with Crippen molar-refractivity contribution in [1.82, 2.24) is 4.98 Å². The Hall–Kier alpha value is -2.32. The molecule has 1 aromatic heterocycles. The quantitative estimate of drug-likeness (QED) is 0.806. The second kappa shape index (κ2) is 6.14. The zero-order valence-corrected chi connectivity index (χ0v) is 16.3. The number of sulfonamides is 1. The average molecular weight is 396 g/mol. The van der Waals surface area contributed by atoms with Crippen molar-refractivity contribution in [3.8, 4) is 5.75 Å². The highest BCUT2D eigenvalue weighted by Crippen LogP contribution is 2.44. The molecular weight excluding hydrogens is 378 g/mol. The van der Waals surface area contributed by atoms with Crippen LogP contribution in [0, 0.1) is 6.92 Å². The van der Waals surface area contributed by atoms with Crippen molar-refractivity contribution in [1.29, 1.82) is 0 Å². The highest BCUT2D eigenvalue weighted by molar-refractivity contribution is 7.92. The van der Waals surface area contributed by atoms with Gasteiger partial charge in [0, 0.05) is 6.07 Å². The van der Waals surface area contributed by atoms with Crippen LogP contribution in [0.25, 0.3) is 0 Å². The first-order valence-corrected chi connectivity index (χ1v) is 10.0. The number of fused-ring (bicyclic) bond motifs is 1. The lowest BCUT2D eigenvalue weighted by Gasteiger charge is -2.39. The molecule has 138 valence electrons. The largest absolute Gasteiger partial charge is 0.476 e. The van der Waals surface area contributed by atoms with Gasteiger partial charge < -0.3 is 4.74 Å². The van der Waals surface area contributed by atoms with Gasteiger partial charge in [0.05, 0.1) is 29.0 Å². The predicted molar refractivity (Wildman–Crippen MR) is 101 cm³/mol. The van der Waals surface area contributed by atoms with Gasteiger partial charge in [-0.1, -0.05) is 11.6 Å². The molecule has 26 heavy (non-hydrogen) atoms. The molecule has 7 nitrogen and oxygen atoms in total. The molecule has 0 atom stereocenters. The monoisotopic (exact) mass is 395 g/mol. The van der Waals surface area contributed by atoms with Gasteiger partial charge in [0.2, 0.25) is 10.0 Å². The van der Waals surface area contributed by atoms with Crippen molar-refractivity contribution in [3.63, 3.8) is 0 Å². The summed E-state index contributed by atoms with van der Waals surface area (Å²) in [5.74, 6) is 0.124. The van der Waals surface area contributed by atoms with Gasteiger partial charge in [0.1, 0.15) is 10.9 Å². The van der Waals surface area contributed by atoms with Gasteiger partial charge in [-0.2, -0.15) is 0 Å². The number of carbonyl (C=O) groups is 1. The predicted octanol–water partition coefficient (Wildman–Crippen LogP) is 3.25. The van der Waals surface area contributed by atoms with E-state index in [1.807, 2.05) is 0 Å². The van der Waals surface area contributed by atoms with Crippen LogP contribution in [0.15, 0.2) is 30.3 Å². The highest BCUT2D eigenvalue weighted by atomic mass is 35.5. The maximum Gasteiger partial charge on any atom is 0.275 e. The third kappa shape index (κ3) is 3.47. The average Bonchev–Trinajstić information content (AvgIpc) is 2.48. The fourth-order valence-corrected chi connectivity index (χ4v) is 3.50. The molecule has 0 bridgehead atoms. The Bertz CT molecular complexity index is 1010. The number of hydrogen-bond donors (Lipinski definition) is 1. The van der Waals surface area contributed by atoms with E-state index in [4.69, 9.17) is 16.3 Å². The van der Waals surface area contributed by atoms with E-state index in [0.29, 0.717) is 33.7 Å². The molecule has 2 heterocycles. The first kappa shape index (κ1) is 18.5. The number of anilines is 3. The molecule has 1 aliphatic rings. The molecule has 1 aliphatic heterocycles. The molecule has 1 aromatic carbocycles. The van der Waals surface area contributed by atoms with E-state index in [9.17, 15) is 13.2 Å². The molecule has 0 unspecified atom stereocenters. The van der Waals surface area contributed by atoms with E-state index in [1.54, 1.807) is 51.1 Å². The van der Waals surface area contributed by atoms with Crippen molar-refractivity contribution in [3.05, 3.63) is 41.2 Å². The second-order valence-corrected chi connectivity index (χ2v) is 8.68. The Morgan fingerprint density at radius 3 is 2.46 bits per heavy atom. The SMILES string of the molecule is Cc1nc(Cl)ccc1N1C(=O)C(C)(C)Oc2cc(NS(C)(=O)=O)ccc21. The minimum atomic E-state index is -3.43. The van der Waals surface area contributed by atoms with Crippen LogP contribution in [0.4, 0.5) is 17.1 Å². The smallest absolute Gasteiger partial charge is 0.275 e. The Morgan fingerprint density at radius 1 is 1.19 bits per heavy atom. The maximum absolute atomic E-state index is 13.0. The lowest BCUT2D eigenvalue weighted by Crippen LogP contribution is -2.50. The van der Waals surface area contributed by atoms with Gasteiger partial charge in [-0.25, -0.2) is 13.4 Å². The van der Waals surface area contributed by atoms with Crippen molar-refractivity contribution in [2.24, 2.45) is 0 Å².